The van der Waals surface area contributed by atoms with Crippen molar-refractivity contribution in [1.82, 2.24) is 5.32 Å². The highest BCUT2D eigenvalue weighted by atomic mass is 14.9. The molecule has 0 saturated carbocycles. The van der Waals surface area contributed by atoms with Gasteiger partial charge in [-0.2, -0.15) is 0 Å². The largest absolute Gasteiger partial charge is 0.305 e. The third-order valence-electron chi connectivity index (χ3n) is 3.88. The van der Waals surface area contributed by atoms with Gasteiger partial charge in [-0.3, -0.25) is 0 Å². The maximum Gasteiger partial charge on any atom is 0.0579 e. The fourth-order valence-electron chi connectivity index (χ4n) is 2.87. The molecular formula is C17H19N. The van der Waals surface area contributed by atoms with Gasteiger partial charge in [0.1, 0.15) is 0 Å². The van der Waals surface area contributed by atoms with Gasteiger partial charge in [-0.1, -0.05) is 68.4 Å². The molecule has 2 aromatic rings. The Hall–Kier alpha value is -1.60. The van der Waals surface area contributed by atoms with Crippen molar-refractivity contribution in [3.63, 3.8) is 0 Å². The molecule has 0 aliphatic carbocycles. The summed E-state index contributed by atoms with van der Waals surface area (Å²) >= 11 is 0. The molecule has 1 N–H and O–H groups in total. The summed E-state index contributed by atoms with van der Waals surface area (Å²) in [5.74, 6) is 0. The average Bonchev–Trinajstić information content (AvgIpc) is 2.40. The summed E-state index contributed by atoms with van der Waals surface area (Å²) < 4.78 is 0. The Kier molecular flexibility index (Phi) is 2.71. The van der Waals surface area contributed by atoms with E-state index >= 15 is 0 Å². The predicted octanol–water partition coefficient (Wildman–Crippen LogP) is 3.66. The lowest BCUT2D eigenvalue weighted by Crippen LogP contribution is -2.42. The number of fused-ring (bicyclic) bond motifs is 1. The van der Waals surface area contributed by atoms with E-state index in [1.165, 1.54) is 16.7 Å². The lowest BCUT2D eigenvalue weighted by molar-refractivity contribution is 0.407. The third kappa shape index (κ3) is 1.85. The number of nitrogens with one attached hydrogen (secondary N) is 1. The third-order valence-corrected chi connectivity index (χ3v) is 3.88. The normalized spacial score (nSPS) is 21.3. The topological polar surface area (TPSA) is 12.0 Å². The smallest absolute Gasteiger partial charge is 0.0579 e. The van der Waals surface area contributed by atoms with Crippen molar-refractivity contribution in [2.24, 2.45) is 0 Å². The van der Waals surface area contributed by atoms with E-state index in [2.05, 4.69) is 73.8 Å². The molecule has 0 fully saturated rings. The first kappa shape index (κ1) is 11.5. The first-order valence-corrected chi connectivity index (χ1v) is 6.56. The van der Waals surface area contributed by atoms with Crippen LogP contribution >= 0.6 is 0 Å². The summed E-state index contributed by atoms with van der Waals surface area (Å²) in [6.45, 7) is 5.63. The second-order valence-electron chi connectivity index (χ2n) is 5.70. The summed E-state index contributed by atoms with van der Waals surface area (Å²) in [7, 11) is 0. The van der Waals surface area contributed by atoms with Crippen molar-refractivity contribution in [1.29, 1.82) is 0 Å². The standard InChI is InChI=1S/C17H19N/c1-17(2)12-18-16(13-8-4-3-5-9-13)14-10-6-7-11-15(14)17/h3-11,16,18H,12H2,1-2H3. The van der Waals surface area contributed by atoms with E-state index in [0.29, 0.717) is 6.04 Å². The van der Waals surface area contributed by atoms with Gasteiger partial charge in [-0.25, -0.2) is 0 Å². The van der Waals surface area contributed by atoms with Gasteiger partial charge in [0.15, 0.2) is 0 Å². The fourth-order valence-corrected chi connectivity index (χ4v) is 2.87. The van der Waals surface area contributed by atoms with Crippen LogP contribution < -0.4 is 5.32 Å². The van der Waals surface area contributed by atoms with Crippen molar-refractivity contribution in [2.45, 2.75) is 25.3 Å². The first-order valence-electron chi connectivity index (χ1n) is 6.56. The van der Waals surface area contributed by atoms with Gasteiger partial charge in [0.2, 0.25) is 0 Å². The van der Waals surface area contributed by atoms with E-state index in [1.54, 1.807) is 0 Å². The van der Waals surface area contributed by atoms with Crippen molar-refractivity contribution in [3.05, 3.63) is 71.3 Å². The maximum absolute atomic E-state index is 3.68. The Balaban J connectivity index is 2.11. The van der Waals surface area contributed by atoms with E-state index in [9.17, 15) is 0 Å². The number of hydrogen-bond donors (Lipinski definition) is 1. The Morgan fingerprint density at radius 1 is 0.944 bits per heavy atom. The molecular weight excluding hydrogens is 218 g/mol. The summed E-state index contributed by atoms with van der Waals surface area (Å²) in [6.07, 6.45) is 0. The Morgan fingerprint density at radius 2 is 1.61 bits per heavy atom. The van der Waals surface area contributed by atoms with Gasteiger partial charge in [0.05, 0.1) is 6.04 Å². The van der Waals surface area contributed by atoms with E-state index in [-0.39, 0.29) is 5.41 Å². The molecule has 0 bridgehead atoms. The second kappa shape index (κ2) is 4.25. The summed E-state index contributed by atoms with van der Waals surface area (Å²) in [4.78, 5) is 0. The zero-order valence-electron chi connectivity index (χ0n) is 11.0. The first-order chi connectivity index (χ1) is 8.68. The van der Waals surface area contributed by atoms with Crippen LogP contribution in [-0.4, -0.2) is 6.54 Å². The molecule has 0 amide bonds. The molecule has 3 rings (SSSR count). The second-order valence-corrected chi connectivity index (χ2v) is 5.70. The molecule has 0 spiro atoms. The van der Waals surface area contributed by atoms with Gasteiger partial charge in [0, 0.05) is 12.0 Å². The molecule has 1 atom stereocenters. The van der Waals surface area contributed by atoms with Crippen molar-refractivity contribution in [2.75, 3.05) is 6.54 Å². The molecule has 18 heavy (non-hydrogen) atoms. The highest BCUT2D eigenvalue weighted by Crippen LogP contribution is 2.36. The van der Waals surface area contributed by atoms with Crippen LogP contribution in [0.3, 0.4) is 0 Å². The predicted molar refractivity (Wildman–Crippen MR) is 75.8 cm³/mol. The van der Waals surface area contributed by atoms with E-state index in [4.69, 9.17) is 0 Å². The van der Waals surface area contributed by atoms with Crippen molar-refractivity contribution < 1.29 is 0 Å². The van der Waals surface area contributed by atoms with Crippen LogP contribution in [0.25, 0.3) is 0 Å². The van der Waals surface area contributed by atoms with Crippen molar-refractivity contribution in [3.8, 4) is 0 Å². The zero-order valence-corrected chi connectivity index (χ0v) is 11.0. The summed E-state index contributed by atoms with van der Waals surface area (Å²) in [5, 5.41) is 3.68. The highest BCUT2D eigenvalue weighted by molar-refractivity contribution is 5.43. The van der Waals surface area contributed by atoms with Crippen LogP contribution in [0.5, 0.6) is 0 Å². The Labute approximate surface area is 109 Å². The van der Waals surface area contributed by atoms with Crippen LogP contribution in [0, 0.1) is 0 Å². The number of rotatable bonds is 1. The minimum absolute atomic E-state index is 0.210. The van der Waals surface area contributed by atoms with E-state index in [0.717, 1.165) is 6.54 Å². The quantitative estimate of drug-likeness (QED) is 0.798. The van der Waals surface area contributed by atoms with Gasteiger partial charge < -0.3 is 5.32 Å². The van der Waals surface area contributed by atoms with Crippen LogP contribution in [0.4, 0.5) is 0 Å². The van der Waals surface area contributed by atoms with Gasteiger partial charge in [-0.05, 0) is 16.7 Å². The number of benzene rings is 2. The van der Waals surface area contributed by atoms with Crippen LogP contribution in [0.1, 0.15) is 36.6 Å². The Morgan fingerprint density at radius 3 is 2.39 bits per heavy atom. The van der Waals surface area contributed by atoms with Crippen molar-refractivity contribution >= 4 is 0 Å². The minimum Gasteiger partial charge on any atom is -0.305 e. The zero-order chi connectivity index (χ0) is 12.6. The summed E-state index contributed by atoms with van der Waals surface area (Å²) in [5.41, 5.74) is 4.44. The molecule has 0 radical (unpaired) electrons. The summed E-state index contributed by atoms with van der Waals surface area (Å²) in [6, 6.07) is 19.8. The Bertz CT molecular complexity index is 543. The van der Waals surface area contributed by atoms with Crippen LogP contribution in [0.2, 0.25) is 0 Å². The lowest BCUT2D eigenvalue weighted by Gasteiger charge is -2.38. The number of hydrogen-bond acceptors (Lipinski definition) is 1. The molecule has 1 nitrogen and oxygen atoms in total. The van der Waals surface area contributed by atoms with Gasteiger partial charge in [-0.15, -0.1) is 0 Å². The molecule has 0 saturated heterocycles. The van der Waals surface area contributed by atoms with Crippen LogP contribution in [-0.2, 0) is 5.41 Å². The van der Waals surface area contributed by atoms with E-state index in [1.807, 2.05) is 0 Å². The molecule has 1 heterocycles. The SMILES string of the molecule is CC1(C)CNC(c2ccccc2)c2ccccc21. The highest BCUT2D eigenvalue weighted by Gasteiger charge is 2.32. The van der Waals surface area contributed by atoms with Gasteiger partial charge >= 0.3 is 0 Å². The maximum atomic E-state index is 3.68. The molecule has 0 aromatic heterocycles. The average molecular weight is 237 g/mol. The molecule has 2 aromatic carbocycles. The molecule has 1 aliphatic rings. The minimum atomic E-state index is 0.210. The fraction of sp³-hybridized carbons (Fsp3) is 0.294. The molecule has 1 aliphatic heterocycles. The molecule has 1 unspecified atom stereocenters. The molecule has 1 heteroatoms. The molecule has 92 valence electrons. The van der Waals surface area contributed by atoms with Gasteiger partial charge in [0.25, 0.3) is 0 Å². The monoisotopic (exact) mass is 237 g/mol. The lowest BCUT2D eigenvalue weighted by atomic mass is 9.75. The van der Waals surface area contributed by atoms with E-state index < -0.39 is 0 Å². The van der Waals surface area contributed by atoms with Crippen LogP contribution in [0.15, 0.2) is 54.6 Å².